The van der Waals surface area contributed by atoms with E-state index in [0.29, 0.717) is 0 Å². The quantitative estimate of drug-likeness (QED) is 0.627. The molecule has 15 heavy (non-hydrogen) atoms. The molecule has 0 spiro atoms. The first kappa shape index (κ1) is 15.4. The molecule has 0 aliphatic heterocycles. The van der Waals surface area contributed by atoms with Crippen LogP contribution in [-0.2, 0) is 4.43 Å². The Balaban J connectivity index is 4.59. The number of hydrogen-bond donors (Lipinski definition) is 0. The lowest BCUT2D eigenvalue weighted by molar-refractivity contribution is 0.132. The molecule has 0 rings (SSSR count). The van der Waals surface area contributed by atoms with Crippen molar-refractivity contribution >= 4 is 18.6 Å². The Hall–Kier alpha value is 0.394. The molecule has 92 valence electrons. The van der Waals surface area contributed by atoms with E-state index < -0.39 is 8.32 Å². The van der Waals surface area contributed by atoms with Crippen molar-refractivity contribution in [1.29, 1.82) is 0 Å². The summed E-state index contributed by atoms with van der Waals surface area (Å²) in [6.07, 6.45) is 4.93. The third-order valence-electron chi connectivity index (χ3n) is 3.97. The molecule has 0 aromatic heterocycles. The van der Waals surface area contributed by atoms with Crippen molar-refractivity contribution in [3.8, 4) is 0 Å². The SMILES string of the molecule is CCC(CC)[Si](C)(C)OC([SiH3])(CC)CC. The molecule has 1 nitrogen and oxygen atoms in total. The molecule has 0 aliphatic carbocycles. The molecule has 0 aromatic rings. The van der Waals surface area contributed by atoms with Crippen molar-refractivity contribution in [3.05, 3.63) is 0 Å². The second-order valence-corrected chi connectivity index (χ2v) is 11.4. The van der Waals surface area contributed by atoms with Gasteiger partial charge in [-0.3, -0.25) is 0 Å². The average molecular weight is 247 g/mol. The highest BCUT2D eigenvalue weighted by molar-refractivity contribution is 6.73. The van der Waals surface area contributed by atoms with E-state index in [0.717, 1.165) is 15.8 Å². The second-order valence-electron chi connectivity index (χ2n) is 5.38. The van der Waals surface area contributed by atoms with Crippen molar-refractivity contribution < 1.29 is 4.43 Å². The zero-order chi connectivity index (χ0) is 12.1. The van der Waals surface area contributed by atoms with Gasteiger partial charge in [-0.25, -0.2) is 0 Å². The van der Waals surface area contributed by atoms with Gasteiger partial charge in [0.2, 0.25) is 0 Å². The molecule has 0 saturated carbocycles. The van der Waals surface area contributed by atoms with Gasteiger partial charge in [-0.1, -0.05) is 40.5 Å². The Labute approximate surface area is 101 Å². The van der Waals surface area contributed by atoms with Crippen LogP contribution in [0, 0.1) is 0 Å². The van der Waals surface area contributed by atoms with Crippen molar-refractivity contribution in [2.24, 2.45) is 0 Å². The molecule has 0 N–H and O–H groups in total. The highest BCUT2D eigenvalue weighted by Gasteiger charge is 2.37. The maximum absolute atomic E-state index is 6.57. The molecule has 0 heterocycles. The lowest BCUT2D eigenvalue weighted by Gasteiger charge is -2.40. The smallest absolute Gasteiger partial charge is 0.190 e. The topological polar surface area (TPSA) is 9.23 Å². The predicted molar refractivity (Wildman–Crippen MR) is 76.2 cm³/mol. The summed E-state index contributed by atoms with van der Waals surface area (Å²) in [4.78, 5) is 0. The van der Waals surface area contributed by atoms with Crippen LogP contribution in [0.25, 0.3) is 0 Å². The van der Waals surface area contributed by atoms with E-state index in [2.05, 4.69) is 40.8 Å². The third-order valence-corrected chi connectivity index (χ3v) is 9.80. The normalized spacial score (nSPS) is 13.8. The minimum atomic E-state index is -1.48. The highest BCUT2D eigenvalue weighted by Crippen LogP contribution is 2.34. The van der Waals surface area contributed by atoms with Crippen molar-refractivity contribution in [2.45, 2.75) is 77.2 Å². The molecular weight excluding hydrogens is 216 g/mol. The van der Waals surface area contributed by atoms with Gasteiger partial charge in [-0.2, -0.15) is 0 Å². The van der Waals surface area contributed by atoms with E-state index in [4.69, 9.17) is 4.43 Å². The summed E-state index contributed by atoms with van der Waals surface area (Å²) in [5, 5.41) is 0.248. The second kappa shape index (κ2) is 6.21. The maximum atomic E-state index is 6.57. The summed E-state index contributed by atoms with van der Waals surface area (Å²) >= 11 is 0. The van der Waals surface area contributed by atoms with Crippen molar-refractivity contribution in [2.75, 3.05) is 0 Å². The van der Waals surface area contributed by atoms with Crippen LogP contribution in [0.4, 0.5) is 0 Å². The molecule has 0 fully saturated rings. The van der Waals surface area contributed by atoms with Crippen LogP contribution >= 0.6 is 0 Å². The molecule has 0 saturated heterocycles. The average Bonchev–Trinajstić information content (AvgIpc) is 2.18. The van der Waals surface area contributed by atoms with E-state index in [1.807, 2.05) is 0 Å². The lowest BCUT2D eigenvalue weighted by Crippen LogP contribution is -2.47. The standard InChI is InChI=1S/C12H30OSi2/c1-7-11(8-2)15(5,6)13-12(14,9-3)10-4/h11H,7-10H2,1-6,14H3. The van der Waals surface area contributed by atoms with Crippen LogP contribution in [0.3, 0.4) is 0 Å². The third kappa shape index (κ3) is 4.41. The molecule has 3 heteroatoms. The Bertz CT molecular complexity index is 172. The zero-order valence-corrected chi connectivity index (χ0v) is 14.8. The Kier molecular flexibility index (Phi) is 6.37. The minimum absolute atomic E-state index is 0.248. The Morgan fingerprint density at radius 2 is 1.47 bits per heavy atom. The maximum Gasteiger partial charge on any atom is 0.190 e. The highest BCUT2D eigenvalue weighted by atomic mass is 28.4. The predicted octanol–water partition coefficient (Wildman–Crippen LogP) is 3.28. The minimum Gasteiger partial charge on any atom is -0.415 e. The Morgan fingerprint density at radius 3 is 1.73 bits per heavy atom. The van der Waals surface area contributed by atoms with Gasteiger partial charge in [0.05, 0.1) is 0 Å². The number of rotatable bonds is 7. The number of hydrogen-bond acceptors (Lipinski definition) is 1. The molecule has 0 atom stereocenters. The van der Waals surface area contributed by atoms with Crippen molar-refractivity contribution in [3.63, 3.8) is 0 Å². The summed E-state index contributed by atoms with van der Waals surface area (Å²) in [6.45, 7) is 14.0. The van der Waals surface area contributed by atoms with Crippen LogP contribution in [0.5, 0.6) is 0 Å². The summed E-state index contributed by atoms with van der Waals surface area (Å²) in [6, 6.07) is 0. The molecular formula is C12H30OSi2. The van der Waals surface area contributed by atoms with Crippen LogP contribution in [-0.4, -0.2) is 23.8 Å². The van der Waals surface area contributed by atoms with Gasteiger partial charge in [-0.15, -0.1) is 0 Å². The fourth-order valence-corrected chi connectivity index (χ4v) is 7.65. The van der Waals surface area contributed by atoms with E-state index in [-0.39, 0.29) is 5.22 Å². The van der Waals surface area contributed by atoms with Gasteiger partial charge in [-0.05, 0) is 31.5 Å². The lowest BCUT2D eigenvalue weighted by atomic mass is 10.2. The summed E-state index contributed by atoms with van der Waals surface area (Å²) < 4.78 is 6.57. The zero-order valence-electron chi connectivity index (χ0n) is 11.8. The van der Waals surface area contributed by atoms with E-state index in [9.17, 15) is 0 Å². The van der Waals surface area contributed by atoms with Crippen LogP contribution in [0.1, 0.15) is 53.4 Å². The fraction of sp³-hybridized carbons (Fsp3) is 1.00. The first-order chi connectivity index (χ1) is 6.85. The fourth-order valence-electron chi connectivity index (χ4n) is 2.38. The van der Waals surface area contributed by atoms with Crippen LogP contribution in [0.15, 0.2) is 0 Å². The van der Waals surface area contributed by atoms with Gasteiger partial charge < -0.3 is 4.43 Å². The van der Waals surface area contributed by atoms with Crippen LogP contribution in [0.2, 0.25) is 18.6 Å². The first-order valence-corrected chi connectivity index (χ1v) is 10.5. The van der Waals surface area contributed by atoms with Gasteiger partial charge in [0.1, 0.15) is 0 Å². The summed E-state index contributed by atoms with van der Waals surface area (Å²) in [5.74, 6) is 0. The first-order valence-electron chi connectivity index (χ1n) is 6.55. The molecule has 0 unspecified atom stereocenters. The van der Waals surface area contributed by atoms with Crippen LogP contribution < -0.4 is 0 Å². The summed E-state index contributed by atoms with van der Waals surface area (Å²) in [7, 11) is -0.311. The van der Waals surface area contributed by atoms with Gasteiger partial charge in [0.25, 0.3) is 0 Å². The monoisotopic (exact) mass is 246 g/mol. The Morgan fingerprint density at radius 1 is 1.07 bits per heavy atom. The van der Waals surface area contributed by atoms with E-state index >= 15 is 0 Å². The summed E-state index contributed by atoms with van der Waals surface area (Å²) in [5.41, 5.74) is 0.823. The molecule has 0 amide bonds. The van der Waals surface area contributed by atoms with Gasteiger partial charge in [0, 0.05) is 15.5 Å². The van der Waals surface area contributed by atoms with Crippen molar-refractivity contribution in [1.82, 2.24) is 0 Å². The molecule has 0 aliphatic rings. The molecule has 0 aromatic carbocycles. The largest absolute Gasteiger partial charge is 0.415 e. The van der Waals surface area contributed by atoms with E-state index in [1.54, 1.807) is 0 Å². The molecule has 0 bridgehead atoms. The molecule has 0 radical (unpaired) electrons. The van der Waals surface area contributed by atoms with E-state index in [1.165, 1.54) is 25.7 Å². The van der Waals surface area contributed by atoms with Gasteiger partial charge in [0.15, 0.2) is 8.32 Å². The van der Waals surface area contributed by atoms with Gasteiger partial charge >= 0.3 is 0 Å².